The minimum atomic E-state index is -0.572. The topological polar surface area (TPSA) is 90.3 Å². The van der Waals surface area contributed by atoms with Crippen LogP contribution in [0.5, 0.6) is 0 Å². The van der Waals surface area contributed by atoms with Crippen molar-refractivity contribution in [2.75, 3.05) is 18.2 Å². The first-order chi connectivity index (χ1) is 14.5. The Morgan fingerprint density at radius 2 is 1.83 bits per heavy atom. The van der Waals surface area contributed by atoms with Crippen molar-refractivity contribution in [2.45, 2.75) is 18.4 Å². The third-order valence-corrected chi connectivity index (χ3v) is 5.06. The van der Waals surface area contributed by atoms with E-state index in [4.69, 9.17) is 4.74 Å². The molecule has 30 heavy (non-hydrogen) atoms. The molecule has 8 heteroatoms. The molecule has 0 saturated heterocycles. The highest BCUT2D eigenvalue weighted by molar-refractivity contribution is 7.98. The van der Waals surface area contributed by atoms with Crippen LogP contribution in [0.1, 0.15) is 33.2 Å². The molecule has 0 aliphatic rings. The lowest BCUT2D eigenvalue weighted by atomic mass is 10.1. The molecule has 3 rings (SSSR count). The number of ether oxygens (including phenoxy) is 1. The number of nitrogens with zero attached hydrogens (tertiary/aromatic N) is 2. The van der Waals surface area contributed by atoms with Gasteiger partial charge in [0.25, 0.3) is 0 Å². The smallest absolute Gasteiger partial charge is 0.338 e. The predicted octanol–water partition coefficient (Wildman–Crippen LogP) is 3.65. The molecule has 7 nitrogen and oxygen atoms in total. The van der Waals surface area contributed by atoms with E-state index in [9.17, 15) is 14.4 Å². The van der Waals surface area contributed by atoms with Crippen molar-refractivity contribution >= 4 is 35.1 Å². The molecule has 0 radical (unpaired) electrons. The van der Waals surface area contributed by atoms with Crippen LogP contribution in [0.4, 0.5) is 5.69 Å². The third-order valence-electron chi connectivity index (χ3n) is 4.26. The Hall–Kier alpha value is -3.39. The summed E-state index contributed by atoms with van der Waals surface area (Å²) in [6.45, 7) is 1.62. The van der Waals surface area contributed by atoms with Crippen LogP contribution in [0.2, 0.25) is 0 Å². The molecule has 0 bridgehead atoms. The minimum Gasteiger partial charge on any atom is -0.454 e. The van der Waals surface area contributed by atoms with E-state index < -0.39 is 5.97 Å². The first kappa shape index (κ1) is 21.3. The van der Waals surface area contributed by atoms with Gasteiger partial charge in [0, 0.05) is 29.8 Å². The Morgan fingerprint density at radius 1 is 1.10 bits per heavy atom. The summed E-state index contributed by atoms with van der Waals surface area (Å²) in [5.74, 6) is -1.15. The zero-order chi connectivity index (χ0) is 21.5. The van der Waals surface area contributed by atoms with Crippen LogP contribution >= 0.6 is 11.8 Å². The van der Waals surface area contributed by atoms with Crippen LogP contribution in [0.3, 0.4) is 0 Å². The Balaban J connectivity index is 1.60. The van der Waals surface area contributed by atoms with Gasteiger partial charge in [-0.15, -0.1) is 11.8 Å². The summed E-state index contributed by atoms with van der Waals surface area (Å²) in [6.07, 6.45) is 5.44. The Kier molecular flexibility index (Phi) is 7.03. The molecular weight excluding hydrogens is 402 g/mol. The molecule has 0 aliphatic heterocycles. The number of ketones is 1. The average molecular weight is 423 g/mol. The molecule has 1 amide bonds. The van der Waals surface area contributed by atoms with Gasteiger partial charge in [-0.25, -0.2) is 4.79 Å². The molecule has 0 spiro atoms. The number of amides is 1. The van der Waals surface area contributed by atoms with Gasteiger partial charge in [0.05, 0.1) is 17.8 Å². The Labute approximate surface area is 178 Å². The summed E-state index contributed by atoms with van der Waals surface area (Å²) < 4.78 is 6.95. The molecule has 0 saturated carbocycles. The van der Waals surface area contributed by atoms with Crippen LogP contribution in [-0.4, -0.2) is 40.3 Å². The van der Waals surface area contributed by atoms with Gasteiger partial charge in [-0.05, 0) is 42.2 Å². The largest absolute Gasteiger partial charge is 0.454 e. The number of aromatic nitrogens is 2. The predicted molar refractivity (Wildman–Crippen MR) is 115 cm³/mol. The van der Waals surface area contributed by atoms with Crippen molar-refractivity contribution in [3.8, 4) is 0 Å². The van der Waals surface area contributed by atoms with E-state index in [-0.39, 0.29) is 18.3 Å². The van der Waals surface area contributed by atoms with E-state index in [0.29, 0.717) is 23.4 Å². The lowest BCUT2D eigenvalue weighted by Gasteiger charge is -2.10. The van der Waals surface area contributed by atoms with Gasteiger partial charge in [0.15, 0.2) is 12.4 Å². The number of anilines is 1. The molecule has 0 aliphatic carbocycles. The molecule has 1 heterocycles. The maximum Gasteiger partial charge on any atom is 0.338 e. The van der Waals surface area contributed by atoms with Gasteiger partial charge in [-0.3, -0.25) is 14.3 Å². The van der Waals surface area contributed by atoms with E-state index in [0.717, 1.165) is 10.5 Å². The van der Waals surface area contributed by atoms with E-state index in [1.807, 2.05) is 30.7 Å². The van der Waals surface area contributed by atoms with Crippen LogP contribution in [-0.2, 0) is 16.1 Å². The zero-order valence-electron chi connectivity index (χ0n) is 16.6. The highest BCUT2D eigenvalue weighted by atomic mass is 32.2. The van der Waals surface area contributed by atoms with Crippen LogP contribution < -0.4 is 5.32 Å². The second-order valence-corrected chi connectivity index (χ2v) is 7.34. The monoisotopic (exact) mass is 423 g/mol. The molecule has 1 aromatic heterocycles. The van der Waals surface area contributed by atoms with E-state index in [1.165, 1.54) is 18.7 Å². The number of esters is 1. The summed E-state index contributed by atoms with van der Waals surface area (Å²) >= 11 is 1.46. The van der Waals surface area contributed by atoms with Gasteiger partial charge in [-0.1, -0.05) is 18.2 Å². The van der Waals surface area contributed by atoms with Gasteiger partial charge in [-0.2, -0.15) is 5.10 Å². The molecule has 1 N–H and O–H groups in total. The fourth-order valence-corrected chi connectivity index (χ4v) is 3.33. The van der Waals surface area contributed by atoms with E-state index in [1.54, 1.807) is 41.2 Å². The number of hydrogen-bond donors (Lipinski definition) is 1. The fourth-order valence-electron chi connectivity index (χ4n) is 2.79. The molecular formula is C22H21N3O4S. The number of carbonyl (C=O) groups is 3. The van der Waals surface area contributed by atoms with Crippen molar-refractivity contribution in [2.24, 2.45) is 0 Å². The van der Waals surface area contributed by atoms with Gasteiger partial charge >= 0.3 is 5.97 Å². The summed E-state index contributed by atoms with van der Waals surface area (Å²) in [6, 6.07) is 13.8. The first-order valence-electron chi connectivity index (χ1n) is 9.18. The third kappa shape index (κ3) is 5.57. The maximum absolute atomic E-state index is 12.4. The zero-order valence-corrected chi connectivity index (χ0v) is 17.4. The van der Waals surface area contributed by atoms with Crippen molar-refractivity contribution in [1.29, 1.82) is 0 Å². The lowest BCUT2D eigenvalue weighted by molar-refractivity contribution is -0.114. The number of hydrogen-bond acceptors (Lipinski definition) is 6. The molecule has 3 aromatic rings. The van der Waals surface area contributed by atoms with Crippen molar-refractivity contribution in [1.82, 2.24) is 9.78 Å². The van der Waals surface area contributed by atoms with E-state index in [2.05, 4.69) is 10.4 Å². The van der Waals surface area contributed by atoms with Crippen LogP contribution in [0.15, 0.2) is 65.8 Å². The highest BCUT2D eigenvalue weighted by Gasteiger charge is 2.14. The van der Waals surface area contributed by atoms with Gasteiger partial charge in [0.2, 0.25) is 5.91 Å². The SMILES string of the molecule is CSc1ccc(C(=O)COC(=O)c2ccc(Cn3cccn3)cc2)cc1NC(C)=O. The maximum atomic E-state index is 12.4. The molecule has 0 unspecified atom stereocenters. The highest BCUT2D eigenvalue weighted by Crippen LogP contribution is 2.26. The normalized spacial score (nSPS) is 10.5. The summed E-state index contributed by atoms with van der Waals surface area (Å²) in [5, 5.41) is 6.85. The lowest BCUT2D eigenvalue weighted by Crippen LogP contribution is -2.15. The number of rotatable bonds is 8. The van der Waals surface area contributed by atoms with Crippen molar-refractivity contribution in [3.63, 3.8) is 0 Å². The number of thioether (sulfide) groups is 1. The number of benzene rings is 2. The number of carbonyl (C=O) groups excluding carboxylic acids is 3. The molecule has 0 fully saturated rings. The first-order valence-corrected chi connectivity index (χ1v) is 10.4. The minimum absolute atomic E-state index is 0.225. The number of Topliss-reactive ketones (excluding diaryl/α,β-unsaturated/α-hetero) is 1. The van der Waals surface area contributed by atoms with Crippen molar-refractivity contribution in [3.05, 3.63) is 77.6 Å². The Morgan fingerprint density at radius 3 is 2.47 bits per heavy atom. The van der Waals surface area contributed by atoms with Gasteiger partial charge < -0.3 is 10.1 Å². The van der Waals surface area contributed by atoms with Gasteiger partial charge in [0.1, 0.15) is 0 Å². The second-order valence-electron chi connectivity index (χ2n) is 6.50. The van der Waals surface area contributed by atoms with Crippen molar-refractivity contribution < 1.29 is 19.1 Å². The molecule has 154 valence electrons. The second kappa shape index (κ2) is 9.89. The Bertz CT molecular complexity index is 1050. The molecule has 0 atom stereocenters. The van der Waals surface area contributed by atoms with E-state index >= 15 is 0 Å². The number of nitrogens with one attached hydrogen (secondary N) is 1. The average Bonchev–Trinajstić information content (AvgIpc) is 3.25. The summed E-state index contributed by atoms with van der Waals surface area (Å²) in [4.78, 5) is 36.9. The molecule has 2 aromatic carbocycles. The standard InChI is InChI=1S/C22H21N3O4S/c1-15(26)24-19-12-18(8-9-21(19)30-2)20(27)14-29-22(28)17-6-4-16(5-7-17)13-25-11-3-10-23-25/h3-12H,13-14H2,1-2H3,(H,24,26). The quantitative estimate of drug-likeness (QED) is 0.338. The van der Waals surface area contributed by atoms with Crippen LogP contribution in [0.25, 0.3) is 0 Å². The van der Waals surface area contributed by atoms with Crippen LogP contribution in [0, 0.1) is 0 Å². The summed E-state index contributed by atoms with van der Waals surface area (Å²) in [7, 11) is 0. The summed E-state index contributed by atoms with van der Waals surface area (Å²) in [5.41, 5.74) is 2.27. The fraction of sp³-hybridized carbons (Fsp3) is 0.182.